The van der Waals surface area contributed by atoms with Crippen LogP contribution in [0.25, 0.3) is 22.2 Å². The SMILES string of the molecule is CCNc1cc(-c2cc(OC)c3c(N)n[nH]c3c2)nc(N)n1. The first-order chi connectivity index (χ1) is 10.6. The second-order valence-corrected chi connectivity index (χ2v) is 4.74. The summed E-state index contributed by atoms with van der Waals surface area (Å²) in [7, 11) is 1.59. The number of ether oxygens (including phenoxy) is 1. The molecular formula is C14H17N7O. The predicted octanol–water partition coefficient (Wildman–Crippen LogP) is 1.62. The largest absolute Gasteiger partial charge is 0.496 e. The van der Waals surface area contributed by atoms with E-state index in [0.29, 0.717) is 23.1 Å². The number of nitrogens with zero attached hydrogens (tertiary/aromatic N) is 3. The fourth-order valence-corrected chi connectivity index (χ4v) is 2.34. The van der Waals surface area contributed by atoms with E-state index in [1.807, 2.05) is 25.1 Å². The fraction of sp³-hybridized carbons (Fsp3) is 0.214. The average molecular weight is 299 g/mol. The molecule has 0 aliphatic rings. The van der Waals surface area contributed by atoms with Crippen molar-refractivity contribution in [2.24, 2.45) is 0 Å². The molecule has 0 amide bonds. The van der Waals surface area contributed by atoms with Crippen molar-refractivity contribution in [2.45, 2.75) is 6.92 Å². The number of benzene rings is 1. The van der Waals surface area contributed by atoms with Crippen LogP contribution in [0.4, 0.5) is 17.6 Å². The molecule has 114 valence electrons. The van der Waals surface area contributed by atoms with Gasteiger partial charge in [0.2, 0.25) is 5.95 Å². The molecule has 0 aliphatic carbocycles. The van der Waals surface area contributed by atoms with Crippen molar-refractivity contribution in [1.29, 1.82) is 0 Å². The lowest BCUT2D eigenvalue weighted by Gasteiger charge is -2.09. The van der Waals surface area contributed by atoms with Crippen LogP contribution < -0.4 is 21.5 Å². The van der Waals surface area contributed by atoms with E-state index in [-0.39, 0.29) is 5.95 Å². The van der Waals surface area contributed by atoms with Gasteiger partial charge in [-0.2, -0.15) is 10.1 Å². The maximum Gasteiger partial charge on any atom is 0.222 e. The smallest absolute Gasteiger partial charge is 0.222 e. The summed E-state index contributed by atoms with van der Waals surface area (Å²) in [6, 6.07) is 5.59. The highest BCUT2D eigenvalue weighted by molar-refractivity contribution is 5.97. The molecule has 0 aliphatic heterocycles. The molecule has 0 spiro atoms. The van der Waals surface area contributed by atoms with Crippen molar-refractivity contribution in [1.82, 2.24) is 20.2 Å². The van der Waals surface area contributed by atoms with E-state index in [1.165, 1.54) is 0 Å². The van der Waals surface area contributed by atoms with Gasteiger partial charge < -0.3 is 21.5 Å². The van der Waals surface area contributed by atoms with E-state index in [1.54, 1.807) is 7.11 Å². The van der Waals surface area contributed by atoms with Crippen molar-refractivity contribution in [3.63, 3.8) is 0 Å². The van der Waals surface area contributed by atoms with Crippen molar-refractivity contribution in [3.05, 3.63) is 18.2 Å². The zero-order valence-corrected chi connectivity index (χ0v) is 12.3. The number of anilines is 3. The lowest BCUT2D eigenvalue weighted by molar-refractivity contribution is 0.420. The summed E-state index contributed by atoms with van der Waals surface area (Å²) in [5.74, 6) is 1.90. The molecule has 0 saturated heterocycles. The normalized spacial score (nSPS) is 10.8. The summed E-state index contributed by atoms with van der Waals surface area (Å²) in [5, 5.41) is 10.8. The Morgan fingerprint density at radius 2 is 2.05 bits per heavy atom. The summed E-state index contributed by atoms with van der Waals surface area (Å²) in [4.78, 5) is 8.42. The Balaban J connectivity index is 2.17. The third kappa shape index (κ3) is 2.34. The van der Waals surface area contributed by atoms with E-state index in [9.17, 15) is 0 Å². The van der Waals surface area contributed by atoms with Gasteiger partial charge in [0, 0.05) is 18.2 Å². The van der Waals surface area contributed by atoms with Crippen molar-refractivity contribution in [3.8, 4) is 17.0 Å². The van der Waals surface area contributed by atoms with Crippen molar-refractivity contribution >= 4 is 28.5 Å². The minimum atomic E-state index is 0.205. The quantitative estimate of drug-likeness (QED) is 0.576. The zero-order valence-electron chi connectivity index (χ0n) is 12.3. The van der Waals surface area contributed by atoms with Gasteiger partial charge in [0.05, 0.1) is 23.7 Å². The van der Waals surface area contributed by atoms with Gasteiger partial charge in [0.25, 0.3) is 0 Å². The Labute approximate surface area is 126 Å². The molecule has 0 fully saturated rings. The van der Waals surface area contributed by atoms with Gasteiger partial charge in [-0.1, -0.05) is 0 Å². The maximum absolute atomic E-state index is 5.85. The first-order valence-corrected chi connectivity index (χ1v) is 6.82. The van der Waals surface area contributed by atoms with Crippen molar-refractivity contribution < 1.29 is 4.74 Å². The van der Waals surface area contributed by atoms with Gasteiger partial charge >= 0.3 is 0 Å². The molecule has 0 unspecified atom stereocenters. The van der Waals surface area contributed by atoms with Gasteiger partial charge in [0.15, 0.2) is 5.82 Å². The number of hydrogen-bond donors (Lipinski definition) is 4. The van der Waals surface area contributed by atoms with Crippen LogP contribution in [0.2, 0.25) is 0 Å². The summed E-state index contributed by atoms with van der Waals surface area (Å²) in [6.45, 7) is 2.73. The molecule has 8 heteroatoms. The Bertz CT molecular complexity index is 827. The average Bonchev–Trinajstić information content (AvgIpc) is 2.88. The van der Waals surface area contributed by atoms with Gasteiger partial charge in [-0.05, 0) is 19.1 Å². The standard InChI is InChI=1S/C14H17N7O/c1-3-17-11-6-8(18-14(16)19-11)7-4-9-12(10(5-7)22-2)13(15)21-20-9/h4-6H,3H2,1-2H3,(H3,15,20,21)(H3,16,17,18,19). The van der Waals surface area contributed by atoms with Crippen LogP contribution in [0, 0.1) is 0 Å². The van der Waals surface area contributed by atoms with Crippen LogP contribution >= 0.6 is 0 Å². The first kappa shape index (κ1) is 13.9. The number of hydrogen-bond acceptors (Lipinski definition) is 7. The third-order valence-electron chi connectivity index (χ3n) is 3.27. The Morgan fingerprint density at radius 1 is 1.23 bits per heavy atom. The second-order valence-electron chi connectivity index (χ2n) is 4.74. The van der Waals surface area contributed by atoms with E-state index in [4.69, 9.17) is 16.2 Å². The molecule has 2 aromatic heterocycles. The van der Waals surface area contributed by atoms with E-state index < -0.39 is 0 Å². The maximum atomic E-state index is 5.85. The molecular weight excluding hydrogens is 282 g/mol. The second kappa shape index (κ2) is 5.40. The molecule has 2 heterocycles. The highest BCUT2D eigenvalue weighted by atomic mass is 16.5. The molecule has 1 aromatic carbocycles. The molecule has 22 heavy (non-hydrogen) atoms. The number of nitrogens with two attached hydrogens (primary N) is 2. The van der Waals surface area contributed by atoms with Gasteiger partial charge in [-0.15, -0.1) is 0 Å². The van der Waals surface area contributed by atoms with E-state index in [2.05, 4.69) is 25.5 Å². The number of aromatic nitrogens is 4. The Kier molecular flexibility index (Phi) is 3.42. The van der Waals surface area contributed by atoms with Crippen LogP contribution in [0.3, 0.4) is 0 Å². The lowest BCUT2D eigenvalue weighted by Crippen LogP contribution is -2.04. The molecule has 3 aromatic rings. The van der Waals surface area contributed by atoms with Crippen molar-refractivity contribution in [2.75, 3.05) is 30.4 Å². The highest BCUT2D eigenvalue weighted by Crippen LogP contribution is 2.34. The third-order valence-corrected chi connectivity index (χ3v) is 3.27. The molecule has 0 saturated carbocycles. The molecule has 0 radical (unpaired) electrons. The minimum Gasteiger partial charge on any atom is -0.496 e. The number of H-pyrrole nitrogens is 1. The van der Waals surface area contributed by atoms with Gasteiger partial charge in [-0.3, -0.25) is 5.10 Å². The number of fused-ring (bicyclic) bond motifs is 1. The van der Waals surface area contributed by atoms with Crippen LogP contribution in [-0.2, 0) is 0 Å². The number of methoxy groups -OCH3 is 1. The monoisotopic (exact) mass is 299 g/mol. The number of nitrogen functional groups attached to an aromatic ring is 2. The van der Waals surface area contributed by atoms with Crippen LogP contribution in [-0.4, -0.2) is 33.8 Å². The summed E-state index contributed by atoms with van der Waals surface area (Å²) >= 11 is 0. The summed E-state index contributed by atoms with van der Waals surface area (Å²) in [5.41, 5.74) is 13.9. The lowest BCUT2D eigenvalue weighted by atomic mass is 10.1. The number of aromatic amines is 1. The topological polar surface area (TPSA) is 128 Å². The first-order valence-electron chi connectivity index (χ1n) is 6.82. The molecule has 0 atom stereocenters. The van der Waals surface area contributed by atoms with Gasteiger partial charge in [-0.25, -0.2) is 4.98 Å². The van der Waals surface area contributed by atoms with E-state index in [0.717, 1.165) is 23.0 Å². The summed E-state index contributed by atoms with van der Waals surface area (Å²) in [6.07, 6.45) is 0. The zero-order chi connectivity index (χ0) is 15.7. The van der Waals surface area contributed by atoms with E-state index >= 15 is 0 Å². The molecule has 0 bridgehead atoms. The fourth-order valence-electron chi connectivity index (χ4n) is 2.34. The summed E-state index contributed by atoms with van der Waals surface area (Å²) < 4.78 is 5.41. The number of rotatable bonds is 4. The Morgan fingerprint density at radius 3 is 2.77 bits per heavy atom. The van der Waals surface area contributed by atoms with Gasteiger partial charge in [0.1, 0.15) is 11.6 Å². The molecule has 3 rings (SSSR count). The predicted molar refractivity (Wildman–Crippen MR) is 86.7 cm³/mol. The molecule has 6 N–H and O–H groups in total. The number of nitrogens with one attached hydrogen (secondary N) is 2. The molecule has 8 nitrogen and oxygen atoms in total. The Hall–Kier alpha value is -3.03. The highest BCUT2D eigenvalue weighted by Gasteiger charge is 2.13. The van der Waals surface area contributed by atoms with Crippen LogP contribution in [0.15, 0.2) is 18.2 Å². The van der Waals surface area contributed by atoms with Crippen LogP contribution in [0.5, 0.6) is 5.75 Å². The van der Waals surface area contributed by atoms with Crippen LogP contribution in [0.1, 0.15) is 6.92 Å². The minimum absolute atomic E-state index is 0.205.